The Morgan fingerprint density at radius 2 is 1.95 bits per heavy atom. The number of para-hydroxylation sites is 1. The molecule has 0 aliphatic carbocycles. The molecule has 1 fully saturated rings. The van der Waals surface area contributed by atoms with Gasteiger partial charge in [-0.05, 0) is 49.1 Å². The molecular formula is C18H30N2. The van der Waals surface area contributed by atoms with E-state index in [9.17, 15) is 0 Å². The minimum absolute atomic E-state index is 0.277. The number of anilines is 1. The van der Waals surface area contributed by atoms with Crippen molar-refractivity contribution >= 4 is 5.69 Å². The summed E-state index contributed by atoms with van der Waals surface area (Å²) in [5.41, 5.74) is 9.48. The van der Waals surface area contributed by atoms with E-state index in [1.807, 2.05) is 0 Å². The van der Waals surface area contributed by atoms with Gasteiger partial charge in [-0.1, -0.05) is 39.0 Å². The molecule has 1 saturated heterocycles. The number of hydrogen-bond acceptors (Lipinski definition) is 2. The second kappa shape index (κ2) is 6.62. The lowest BCUT2D eigenvalue weighted by Gasteiger charge is -2.27. The molecular weight excluding hydrogens is 244 g/mol. The number of benzene rings is 1. The van der Waals surface area contributed by atoms with Crippen molar-refractivity contribution in [3.63, 3.8) is 0 Å². The third-order valence-electron chi connectivity index (χ3n) is 4.68. The summed E-state index contributed by atoms with van der Waals surface area (Å²) in [4.78, 5) is 2.58. The van der Waals surface area contributed by atoms with Gasteiger partial charge in [0.1, 0.15) is 0 Å². The highest BCUT2D eigenvalue weighted by molar-refractivity contribution is 5.54. The molecule has 2 rings (SSSR count). The lowest BCUT2D eigenvalue weighted by atomic mass is 9.85. The van der Waals surface area contributed by atoms with Crippen molar-refractivity contribution in [2.24, 2.45) is 11.1 Å². The molecule has 0 aromatic heterocycles. The summed E-state index contributed by atoms with van der Waals surface area (Å²) in [5, 5.41) is 0. The standard InChI is InChI=1S/C18H30N2/c1-4-16(19)14-15-8-5-6-9-17(15)20-12-7-10-18(2,3)11-13-20/h5-6,8-9,16H,4,7,10-14,19H2,1-3H3. The number of hydrogen-bond donors (Lipinski definition) is 1. The van der Waals surface area contributed by atoms with Crippen LogP contribution < -0.4 is 10.6 Å². The Labute approximate surface area is 124 Å². The van der Waals surface area contributed by atoms with Gasteiger partial charge in [0.05, 0.1) is 0 Å². The minimum Gasteiger partial charge on any atom is -0.371 e. The van der Waals surface area contributed by atoms with E-state index in [4.69, 9.17) is 5.73 Å². The Morgan fingerprint density at radius 3 is 2.70 bits per heavy atom. The van der Waals surface area contributed by atoms with Gasteiger partial charge in [-0.15, -0.1) is 0 Å². The molecule has 0 amide bonds. The zero-order valence-electron chi connectivity index (χ0n) is 13.4. The summed E-state index contributed by atoms with van der Waals surface area (Å²) in [6, 6.07) is 9.10. The maximum Gasteiger partial charge on any atom is 0.0399 e. The first-order valence-corrected chi connectivity index (χ1v) is 8.10. The minimum atomic E-state index is 0.277. The number of rotatable bonds is 4. The van der Waals surface area contributed by atoms with Crippen LogP contribution >= 0.6 is 0 Å². The molecule has 0 radical (unpaired) electrons. The first kappa shape index (κ1) is 15.4. The fourth-order valence-electron chi connectivity index (χ4n) is 3.08. The summed E-state index contributed by atoms with van der Waals surface area (Å²) in [6.45, 7) is 9.32. The maximum atomic E-state index is 6.16. The van der Waals surface area contributed by atoms with Crippen molar-refractivity contribution in [2.75, 3.05) is 18.0 Å². The van der Waals surface area contributed by atoms with Crippen molar-refractivity contribution in [3.05, 3.63) is 29.8 Å². The molecule has 2 N–H and O–H groups in total. The quantitative estimate of drug-likeness (QED) is 0.899. The predicted molar refractivity (Wildman–Crippen MR) is 88.3 cm³/mol. The first-order valence-electron chi connectivity index (χ1n) is 8.10. The number of nitrogens with zero attached hydrogens (tertiary/aromatic N) is 1. The Kier molecular flexibility index (Phi) is 5.09. The van der Waals surface area contributed by atoms with E-state index in [0.29, 0.717) is 5.41 Å². The fraction of sp³-hybridized carbons (Fsp3) is 0.667. The van der Waals surface area contributed by atoms with Crippen LogP contribution in [0, 0.1) is 5.41 Å². The molecule has 1 heterocycles. The molecule has 1 aromatic rings. The highest BCUT2D eigenvalue weighted by atomic mass is 15.1. The van der Waals surface area contributed by atoms with E-state index in [1.165, 1.54) is 43.6 Å². The SMILES string of the molecule is CCC(N)Cc1ccccc1N1CCCC(C)(C)CC1. The van der Waals surface area contributed by atoms with Crippen LogP contribution in [-0.2, 0) is 6.42 Å². The zero-order valence-corrected chi connectivity index (χ0v) is 13.4. The van der Waals surface area contributed by atoms with Gasteiger partial charge < -0.3 is 10.6 Å². The third-order valence-corrected chi connectivity index (χ3v) is 4.68. The summed E-state index contributed by atoms with van der Waals surface area (Å²) in [7, 11) is 0. The van der Waals surface area contributed by atoms with Crippen molar-refractivity contribution < 1.29 is 0 Å². The first-order chi connectivity index (χ1) is 9.52. The van der Waals surface area contributed by atoms with Gasteiger partial charge in [-0.25, -0.2) is 0 Å². The van der Waals surface area contributed by atoms with Crippen molar-refractivity contribution in [2.45, 2.75) is 58.9 Å². The van der Waals surface area contributed by atoms with Crippen LogP contribution in [0.15, 0.2) is 24.3 Å². The monoisotopic (exact) mass is 274 g/mol. The molecule has 1 aliphatic rings. The fourth-order valence-corrected chi connectivity index (χ4v) is 3.08. The van der Waals surface area contributed by atoms with Gasteiger partial charge in [-0.3, -0.25) is 0 Å². The van der Waals surface area contributed by atoms with E-state index in [1.54, 1.807) is 0 Å². The molecule has 1 unspecified atom stereocenters. The lowest BCUT2D eigenvalue weighted by Crippen LogP contribution is -2.28. The topological polar surface area (TPSA) is 29.3 Å². The summed E-state index contributed by atoms with van der Waals surface area (Å²) < 4.78 is 0. The van der Waals surface area contributed by atoms with E-state index in [0.717, 1.165) is 12.8 Å². The molecule has 1 aromatic carbocycles. The zero-order chi connectivity index (χ0) is 14.6. The Balaban J connectivity index is 2.15. The molecule has 1 aliphatic heterocycles. The van der Waals surface area contributed by atoms with E-state index < -0.39 is 0 Å². The van der Waals surface area contributed by atoms with Crippen LogP contribution in [0.5, 0.6) is 0 Å². The summed E-state index contributed by atoms with van der Waals surface area (Å²) >= 11 is 0. The number of nitrogens with two attached hydrogens (primary N) is 1. The molecule has 20 heavy (non-hydrogen) atoms. The van der Waals surface area contributed by atoms with Crippen LogP contribution in [0.4, 0.5) is 5.69 Å². The average Bonchev–Trinajstić information content (AvgIpc) is 2.60. The van der Waals surface area contributed by atoms with Gasteiger partial charge in [0.15, 0.2) is 0 Å². The maximum absolute atomic E-state index is 6.16. The molecule has 0 saturated carbocycles. The van der Waals surface area contributed by atoms with Gasteiger partial charge in [0, 0.05) is 24.8 Å². The van der Waals surface area contributed by atoms with Gasteiger partial charge in [-0.2, -0.15) is 0 Å². The van der Waals surface area contributed by atoms with Crippen molar-refractivity contribution in [1.29, 1.82) is 0 Å². The second-order valence-corrected chi connectivity index (χ2v) is 7.01. The molecule has 112 valence electrons. The summed E-state index contributed by atoms with van der Waals surface area (Å²) in [6.07, 6.45) is 5.94. The molecule has 0 bridgehead atoms. The van der Waals surface area contributed by atoms with Crippen molar-refractivity contribution in [1.82, 2.24) is 0 Å². The largest absolute Gasteiger partial charge is 0.371 e. The third kappa shape index (κ3) is 3.99. The summed E-state index contributed by atoms with van der Waals surface area (Å²) in [5.74, 6) is 0. The van der Waals surface area contributed by atoms with Gasteiger partial charge >= 0.3 is 0 Å². The second-order valence-electron chi connectivity index (χ2n) is 7.01. The Morgan fingerprint density at radius 1 is 1.20 bits per heavy atom. The average molecular weight is 274 g/mol. The molecule has 0 spiro atoms. The highest BCUT2D eigenvalue weighted by Crippen LogP contribution is 2.32. The van der Waals surface area contributed by atoms with Gasteiger partial charge in [0.2, 0.25) is 0 Å². The van der Waals surface area contributed by atoms with Gasteiger partial charge in [0.25, 0.3) is 0 Å². The molecule has 2 heteroatoms. The normalized spacial score (nSPS) is 20.5. The van der Waals surface area contributed by atoms with E-state index in [2.05, 4.69) is 49.9 Å². The van der Waals surface area contributed by atoms with Crippen LogP contribution in [-0.4, -0.2) is 19.1 Å². The molecule has 2 nitrogen and oxygen atoms in total. The van der Waals surface area contributed by atoms with E-state index >= 15 is 0 Å². The van der Waals surface area contributed by atoms with E-state index in [-0.39, 0.29) is 6.04 Å². The predicted octanol–water partition coefficient (Wildman–Crippen LogP) is 3.98. The van der Waals surface area contributed by atoms with Crippen molar-refractivity contribution in [3.8, 4) is 0 Å². The lowest BCUT2D eigenvalue weighted by molar-refractivity contribution is 0.325. The Bertz CT molecular complexity index is 425. The Hall–Kier alpha value is -1.02. The smallest absolute Gasteiger partial charge is 0.0399 e. The van der Waals surface area contributed by atoms with Crippen LogP contribution in [0.2, 0.25) is 0 Å². The van der Waals surface area contributed by atoms with Crippen LogP contribution in [0.1, 0.15) is 52.0 Å². The van der Waals surface area contributed by atoms with Crippen LogP contribution in [0.3, 0.4) is 0 Å². The molecule has 1 atom stereocenters. The van der Waals surface area contributed by atoms with Crippen LogP contribution in [0.25, 0.3) is 0 Å². The highest BCUT2D eigenvalue weighted by Gasteiger charge is 2.24.